The van der Waals surface area contributed by atoms with Gasteiger partial charge in [-0.2, -0.15) is 5.10 Å². The van der Waals surface area contributed by atoms with Crippen molar-refractivity contribution in [1.82, 2.24) is 15.1 Å². The number of terminal acetylenes is 1. The Hall–Kier alpha value is -2.85. The zero-order valence-electron chi connectivity index (χ0n) is 13.8. The van der Waals surface area contributed by atoms with E-state index in [9.17, 15) is 9.18 Å². The number of anilines is 1. The van der Waals surface area contributed by atoms with Crippen LogP contribution in [0.5, 0.6) is 0 Å². The minimum absolute atomic E-state index is 0.0953. The lowest BCUT2D eigenvalue weighted by atomic mass is 10.00. The number of aromatic nitrogens is 2. The van der Waals surface area contributed by atoms with Gasteiger partial charge in [0.05, 0.1) is 18.8 Å². The highest BCUT2D eigenvalue weighted by molar-refractivity contribution is 5.89. The van der Waals surface area contributed by atoms with Crippen molar-refractivity contribution in [3.8, 4) is 18.0 Å². The molecule has 25 heavy (non-hydrogen) atoms. The summed E-state index contributed by atoms with van der Waals surface area (Å²) < 4.78 is 21.0. The number of hydrogen-bond donors (Lipinski definition) is 2. The van der Waals surface area contributed by atoms with E-state index in [4.69, 9.17) is 11.2 Å². The number of urea groups is 1. The van der Waals surface area contributed by atoms with Crippen LogP contribution in [-0.2, 0) is 4.74 Å². The summed E-state index contributed by atoms with van der Waals surface area (Å²) in [4.78, 5) is 12.1. The first-order chi connectivity index (χ1) is 12.1. The molecule has 2 aromatic rings. The lowest BCUT2D eigenvalue weighted by molar-refractivity contribution is 0.181. The second-order valence-corrected chi connectivity index (χ2v) is 5.99. The van der Waals surface area contributed by atoms with Crippen molar-refractivity contribution in [2.24, 2.45) is 5.92 Å². The Morgan fingerprint density at radius 3 is 3.00 bits per heavy atom. The number of halogens is 1. The van der Waals surface area contributed by atoms with Crippen molar-refractivity contribution in [3.05, 3.63) is 42.0 Å². The Balaban J connectivity index is 1.65. The normalized spacial score (nSPS) is 17.7. The molecule has 1 aromatic heterocycles. The number of ether oxygens (including phenoxy) is 1. The molecule has 0 spiro atoms. The maximum Gasteiger partial charge on any atom is 0.320 e. The van der Waals surface area contributed by atoms with Crippen LogP contribution in [0, 0.1) is 31.0 Å². The van der Waals surface area contributed by atoms with Crippen LogP contribution in [0.25, 0.3) is 5.69 Å². The number of nitrogens with one attached hydrogen (secondary N) is 2. The molecule has 7 heteroatoms. The first-order valence-electron chi connectivity index (χ1n) is 7.99. The fraction of sp³-hybridized carbons (Fsp3) is 0.333. The third-order valence-electron chi connectivity index (χ3n) is 4.07. The Morgan fingerprint density at radius 2 is 2.40 bits per heavy atom. The van der Waals surface area contributed by atoms with Gasteiger partial charge in [-0.25, -0.2) is 13.9 Å². The molecule has 0 aliphatic carbocycles. The minimum atomic E-state index is -0.487. The molecule has 0 radical (unpaired) electrons. The monoisotopic (exact) mass is 342 g/mol. The first kappa shape index (κ1) is 17.0. The molecule has 130 valence electrons. The lowest BCUT2D eigenvalue weighted by Gasteiger charge is -2.18. The molecule has 0 unspecified atom stereocenters. The van der Waals surface area contributed by atoms with Gasteiger partial charge in [0.1, 0.15) is 5.69 Å². The molecule has 1 fully saturated rings. The lowest BCUT2D eigenvalue weighted by Crippen LogP contribution is -2.42. The van der Waals surface area contributed by atoms with Crippen LogP contribution in [-0.4, -0.2) is 35.1 Å². The van der Waals surface area contributed by atoms with Gasteiger partial charge in [0.15, 0.2) is 5.82 Å². The molecule has 1 saturated heterocycles. The summed E-state index contributed by atoms with van der Waals surface area (Å²) in [5.74, 6) is 2.18. The van der Waals surface area contributed by atoms with E-state index in [1.165, 1.54) is 10.7 Å². The molecule has 2 amide bonds. The number of rotatable bonds is 4. The van der Waals surface area contributed by atoms with E-state index in [2.05, 4.69) is 21.7 Å². The van der Waals surface area contributed by atoms with Crippen LogP contribution in [0.3, 0.4) is 0 Å². The number of carbonyl (C=O) groups is 1. The topological polar surface area (TPSA) is 68.2 Å². The number of carbonyl (C=O) groups excluding carboxylic acids is 1. The maximum absolute atomic E-state index is 14.3. The van der Waals surface area contributed by atoms with Gasteiger partial charge in [-0.3, -0.25) is 0 Å². The fourth-order valence-electron chi connectivity index (χ4n) is 2.73. The molecule has 1 aliphatic heterocycles. The van der Waals surface area contributed by atoms with Gasteiger partial charge in [-0.1, -0.05) is 5.92 Å². The second-order valence-electron chi connectivity index (χ2n) is 5.99. The molecule has 2 atom stereocenters. The SMILES string of the molecule is C#C[C@@H](NC(=O)Nc1ccc(-n2cc(C)cn2)c(F)c1)[C@@H]1CCOC1. The summed E-state index contributed by atoms with van der Waals surface area (Å²) in [6, 6.07) is 3.52. The molecule has 2 N–H and O–H groups in total. The van der Waals surface area contributed by atoms with E-state index in [0.717, 1.165) is 12.0 Å². The van der Waals surface area contributed by atoms with Gasteiger partial charge in [0, 0.05) is 24.4 Å². The highest BCUT2D eigenvalue weighted by Crippen LogP contribution is 2.19. The number of nitrogens with zero attached hydrogens (tertiary/aromatic N) is 2. The maximum atomic E-state index is 14.3. The summed E-state index contributed by atoms with van der Waals surface area (Å²) in [5.41, 5.74) is 1.57. The summed E-state index contributed by atoms with van der Waals surface area (Å²) in [7, 11) is 0. The van der Waals surface area contributed by atoms with Crippen molar-refractivity contribution >= 4 is 11.7 Å². The van der Waals surface area contributed by atoms with Crippen molar-refractivity contribution in [2.45, 2.75) is 19.4 Å². The quantitative estimate of drug-likeness (QED) is 0.839. The largest absolute Gasteiger partial charge is 0.381 e. The molecule has 1 aliphatic rings. The van der Waals surface area contributed by atoms with E-state index in [1.807, 2.05) is 6.92 Å². The highest BCUT2D eigenvalue weighted by atomic mass is 19.1. The van der Waals surface area contributed by atoms with Gasteiger partial charge in [0.2, 0.25) is 0 Å². The Morgan fingerprint density at radius 1 is 1.56 bits per heavy atom. The average Bonchev–Trinajstić information content (AvgIpc) is 3.24. The Bertz CT molecular complexity index is 806. The second kappa shape index (κ2) is 7.36. The Kier molecular flexibility index (Phi) is 5.00. The van der Waals surface area contributed by atoms with Gasteiger partial charge in [-0.15, -0.1) is 6.42 Å². The highest BCUT2D eigenvalue weighted by Gasteiger charge is 2.25. The molecule has 2 heterocycles. The standard InChI is InChI=1S/C18H19FN4O2/c1-3-16(13-6-7-25-11-13)22-18(24)21-14-4-5-17(15(19)8-14)23-10-12(2)9-20-23/h1,4-5,8-10,13,16H,6-7,11H2,2H3,(H2,21,22,24)/t13-,16-/m1/s1. The molecule has 3 rings (SSSR count). The molecule has 0 saturated carbocycles. The van der Waals surface area contributed by atoms with Crippen molar-refractivity contribution in [3.63, 3.8) is 0 Å². The Labute approximate surface area is 145 Å². The van der Waals surface area contributed by atoms with Gasteiger partial charge in [-0.05, 0) is 37.1 Å². The van der Waals surface area contributed by atoms with E-state index in [1.54, 1.807) is 24.5 Å². The van der Waals surface area contributed by atoms with Gasteiger partial charge in [0.25, 0.3) is 0 Å². The smallest absolute Gasteiger partial charge is 0.320 e. The first-order valence-corrected chi connectivity index (χ1v) is 7.99. The van der Waals surface area contributed by atoms with E-state index < -0.39 is 17.9 Å². The van der Waals surface area contributed by atoms with Crippen LogP contribution in [0.1, 0.15) is 12.0 Å². The number of hydrogen-bond acceptors (Lipinski definition) is 3. The fourth-order valence-corrected chi connectivity index (χ4v) is 2.73. The van der Waals surface area contributed by atoms with Crippen LogP contribution in [0.2, 0.25) is 0 Å². The third kappa shape index (κ3) is 3.98. The number of benzene rings is 1. The molecular formula is C18H19FN4O2. The predicted octanol–water partition coefficient (Wildman–Crippen LogP) is 2.48. The van der Waals surface area contributed by atoms with Crippen molar-refractivity contribution in [2.75, 3.05) is 18.5 Å². The number of amides is 2. The summed E-state index contributed by atoms with van der Waals surface area (Å²) >= 11 is 0. The van der Waals surface area contributed by atoms with E-state index >= 15 is 0 Å². The van der Waals surface area contributed by atoms with Crippen molar-refractivity contribution in [1.29, 1.82) is 0 Å². The third-order valence-corrected chi connectivity index (χ3v) is 4.07. The van der Waals surface area contributed by atoms with Crippen LogP contribution in [0.15, 0.2) is 30.6 Å². The van der Waals surface area contributed by atoms with Crippen LogP contribution in [0.4, 0.5) is 14.9 Å². The van der Waals surface area contributed by atoms with E-state index in [-0.39, 0.29) is 5.92 Å². The molecule has 6 nitrogen and oxygen atoms in total. The summed E-state index contributed by atoms with van der Waals surface area (Å²) in [5, 5.41) is 9.39. The minimum Gasteiger partial charge on any atom is -0.381 e. The van der Waals surface area contributed by atoms with Gasteiger partial charge < -0.3 is 15.4 Å². The summed E-state index contributed by atoms with van der Waals surface area (Å²) in [6.45, 7) is 3.05. The van der Waals surface area contributed by atoms with Crippen molar-refractivity contribution < 1.29 is 13.9 Å². The van der Waals surface area contributed by atoms with Gasteiger partial charge >= 0.3 is 6.03 Å². The average molecular weight is 342 g/mol. The van der Waals surface area contributed by atoms with Crippen LogP contribution >= 0.6 is 0 Å². The molecule has 0 bridgehead atoms. The zero-order chi connectivity index (χ0) is 17.8. The number of aryl methyl sites for hydroxylation is 1. The molecular weight excluding hydrogens is 323 g/mol. The summed E-state index contributed by atoms with van der Waals surface area (Å²) in [6.07, 6.45) is 9.66. The predicted molar refractivity (Wildman–Crippen MR) is 92.0 cm³/mol. The van der Waals surface area contributed by atoms with Crippen LogP contribution < -0.4 is 10.6 Å². The zero-order valence-corrected chi connectivity index (χ0v) is 13.8. The van der Waals surface area contributed by atoms with E-state index in [0.29, 0.717) is 24.6 Å². The molecule has 1 aromatic carbocycles.